The van der Waals surface area contributed by atoms with Crippen molar-refractivity contribution in [3.8, 4) is 0 Å². The molecule has 1 atom stereocenters. The van der Waals surface area contributed by atoms with E-state index >= 15 is 0 Å². The Morgan fingerprint density at radius 2 is 2.16 bits per heavy atom. The minimum absolute atomic E-state index is 0.132. The van der Waals surface area contributed by atoms with Gasteiger partial charge in [0.05, 0.1) is 10.7 Å². The Morgan fingerprint density at radius 3 is 2.74 bits per heavy atom. The van der Waals surface area contributed by atoms with Crippen LogP contribution in [0.15, 0.2) is 18.2 Å². The number of nitrogens with one attached hydrogen (secondary N) is 1. The van der Waals surface area contributed by atoms with Crippen LogP contribution in [0.3, 0.4) is 0 Å². The zero-order valence-corrected chi connectivity index (χ0v) is 12.0. The van der Waals surface area contributed by atoms with E-state index in [1.165, 1.54) is 18.2 Å². The molecule has 1 aromatic carbocycles. The molecule has 0 aromatic heterocycles. The number of halogens is 2. The summed E-state index contributed by atoms with van der Waals surface area (Å²) in [5, 5.41) is 2.94. The van der Waals surface area contributed by atoms with Crippen molar-refractivity contribution in [1.82, 2.24) is 0 Å². The van der Waals surface area contributed by atoms with Gasteiger partial charge in [-0.25, -0.2) is 4.39 Å². The first-order valence-electron chi connectivity index (χ1n) is 6.37. The Hall–Kier alpha value is -1.13. The van der Waals surface area contributed by atoms with Crippen LogP contribution in [-0.4, -0.2) is 12.5 Å². The third-order valence-electron chi connectivity index (χ3n) is 2.81. The van der Waals surface area contributed by atoms with E-state index in [0.29, 0.717) is 29.6 Å². The molecule has 0 aliphatic rings. The smallest absolute Gasteiger partial charge is 0.224 e. The Bertz CT molecular complexity index is 437. The summed E-state index contributed by atoms with van der Waals surface area (Å²) in [7, 11) is 0. The Balaban J connectivity index is 2.61. The zero-order valence-electron chi connectivity index (χ0n) is 11.2. The zero-order chi connectivity index (χ0) is 14.4. The van der Waals surface area contributed by atoms with Gasteiger partial charge in [0.2, 0.25) is 5.91 Å². The Morgan fingerprint density at radius 1 is 1.47 bits per heavy atom. The van der Waals surface area contributed by atoms with Crippen LogP contribution in [0.1, 0.15) is 26.7 Å². The summed E-state index contributed by atoms with van der Waals surface area (Å²) >= 11 is 5.89. The second-order valence-electron chi connectivity index (χ2n) is 5.11. The highest BCUT2D eigenvalue weighted by molar-refractivity contribution is 6.33. The van der Waals surface area contributed by atoms with Crippen LogP contribution in [0.2, 0.25) is 5.02 Å². The minimum Gasteiger partial charge on any atom is -0.330 e. The highest BCUT2D eigenvalue weighted by atomic mass is 35.5. The fraction of sp³-hybridized carbons (Fsp3) is 0.500. The summed E-state index contributed by atoms with van der Waals surface area (Å²) < 4.78 is 13.1. The molecule has 106 valence electrons. The molecule has 0 aliphatic carbocycles. The maximum absolute atomic E-state index is 13.1. The SMILES string of the molecule is CC(C)CC(CN)CC(=O)Nc1cc(F)ccc1Cl. The maximum atomic E-state index is 13.1. The number of hydrogen-bond acceptors (Lipinski definition) is 2. The first-order chi connectivity index (χ1) is 8.92. The van der Waals surface area contributed by atoms with E-state index < -0.39 is 5.82 Å². The first kappa shape index (κ1) is 15.9. The van der Waals surface area contributed by atoms with Gasteiger partial charge in [-0.05, 0) is 43.0 Å². The predicted octanol–water partition coefficient (Wildman–Crippen LogP) is 3.43. The molecular weight excluding hydrogens is 267 g/mol. The molecular formula is C14H20ClFN2O. The monoisotopic (exact) mass is 286 g/mol. The molecule has 1 unspecified atom stereocenters. The molecule has 5 heteroatoms. The number of hydrogen-bond donors (Lipinski definition) is 2. The highest BCUT2D eigenvalue weighted by Crippen LogP contribution is 2.23. The van der Waals surface area contributed by atoms with E-state index in [2.05, 4.69) is 19.2 Å². The van der Waals surface area contributed by atoms with Crippen LogP contribution in [0.25, 0.3) is 0 Å². The minimum atomic E-state index is -0.433. The van der Waals surface area contributed by atoms with E-state index in [4.69, 9.17) is 17.3 Å². The van der Waals surface area contributed by atoms with E-state index in [1.54, 1.807) is 0 Å². The molecule has 0 saturated heterocycles. The van der Waals surface area contributed by atoms with E-state index in [9.17, 15) is 9.18 Å². The molecule has 0 radical (unpaired) electrons. The number of anilines is 1. The molecule has 1 amide bonds. The number of carbonyl (C=O) groups excluding carboxylic acids is 1. The lowest BCUT2D eigenvalue weighted by molar-refractivity contribution is -0.117. The number of rotatable bonds is 6. The molecule has 0 heterocycles. The van der Waals surface area contributed by atoms with Crippen LogP contribution >= 0.6 is 11.6 Å². The molecule has 3 N–H and O–H groups in total. The average Bonchev–Trinajstić information content (AvgIpc) is 2.32. The van der Waals surface area contributed by atoms with Crippen molar-refractivity contribution >= 4 is 23.2 Å². The van der Waals surface area contributed by atoms with Crippen LogP contribution in [0, 0.1) is 17.7 Å². The van der Waals surface area contributed by atoms with Gasteiger partial charge in [0, 0.05) is 6.42 Å². The van der Waals surface area contributed by atoms with Gasteiger partial charge in [0.25, 0.3) is 0 Å². The quantitative estimate of drug-likeness (QED) is 0.842. The molecule has 0 fully saturated rings. The summed E-state index contributed by atoms with van der Waals surface area (Å²) in [6.45, 7) is 4.64. The normalized spacial score (nSPS) is 12.5. The van der Waals surface area contributed by atoms with Gasteiger partial charge in [-0.15, -0.1) is 0 Å². The average molecular weight is 287 g/mol. The fourth-order valence-corrected chi connectivity index (χ4v) is 2.15. The number of benzene rings is 1. The predicted molar refractivity (Wildman–Crippen MR) is 76.7 cm³/mol. The van der Waals surface area contributed by atoms with Crippen molar-refractivity contribution in [3.63, 3.8) is 0 Å². The summed E-state index contributed by atoms with van der Waals surface area (Å²) in [5.74, 6) is -0.00713. The summed E-state index contributed by atoms with van der Waals surface area (Å²) in [5.41, 5.74) is 5.95. The van der Waals surface area contributed by atoms with Crippen molar-refractivity contribution in [1.29, 1.82) is 0 Å². The van der Waals surface area contributed by atoms with Crippen LogP contribution < -0.4 is 11.1 Å². The largest absolute Gasteiger partial charge is 0.330 e. The molecule has 0 saturated carbocycles. The van der Waals surface area contributed by atoms with Crippen molar-refractivity contribution in [2.75, 3.05) is 11.9 Å². The molecule has 0 aliphatic heterocycles. The number of carbonyl (C=O) groups is 1. The van der Waals surface area contributed by atoms with E-state index in [-0.39, 0.29) is 11.8 Å². The van der Waals surface area contributed by atoms with Gasteiger partial charge >= 0.3 is 0 Å². The van der Waals surface area contributed by atoms with Crippen molar-refractivity contribution < 1.29 is 9.18 Å². The fourth-order valence-electron chi connectivity index (χ4n) is 1.99. The van der Waals surface area contributed by atoms with Crippen LogP contribution in [-0.2, 0) is 4.79 Å². The van der Waals surface area contributed by atoms with Gasteiger partial charge in [0.15, 0.2) is 0 Å². The summed E-state index contributed by atoms with van der Waals surface area (Å²) in [4.78, 5) is 11.9. The molecule has 19 heavy (non-hydrogen) atoms. The maximum Gasteiger partial charge on any atom is 0.224 e. The first-order valence-corrected chi connectivity index (χ1v) is 6.75. The standard InChI is InChI=1S/C14H20ClFN2O/c1-9(2)5-10(8-17)6-14(19)18-13-7-11(16)3-4-12(13)15/h3-4,7,9-10H,5-6,8,17H2,1-2H3,(H,18,19). The van der Waals surface area contributed by atoms with Crippen molar-refractivity contribution in [2.24, 2.45) is 17.6 Å². The van der Waals surface area contributed by atoms with Crippen molar-refractivity contribution in [2.45, 2.75) is 26.7 Å². The lowest BCUT2D eigenvalue weighted by Gasteiger charge is -2.16. The third-order valence-corrected chi connectivity index (χ3v) is 3.14. The van der Waals surface area contributed by atoms with Crippen molar-refractivity contribution in [3.05, 3.63) is 29.0 Å². The number of amides is 1. The summed E-state index contributed by atoms with van der Waals surface area (Å²) in [6.07, 6.45) is 1.21. The molecule has 1 aromatic rings. The molecule has 3 nitrogen and oxygen atoms in total. The lowest BCUT2D eigenvalue weighted by atomic mass is 9.94. The van der Waals surface area contributed by atoms with Crippen LogP contribution in [0.4, 0.5) is 10.1 Å². The van der Waals surface area contributed by atoms with Gasteiger partial charge in [-0.2, -0.15) is 0 Å². The van der Waals surface area contributed by atoms with Gasteiger partial charge in [-0.3, -0.25) is 4.79 Å². The van der Waals surface area contributed by atoms with Gasteiger partial charge in [-0.1, -0.05) is 25.4 Å². The molecule has 0 spiro atoms. The second kappa shape index (κ2) is 7.46. The van der Waals surface area contributed by atoms with E-state index in [1.807, 2.05) is 0 Å². The summed E-state index contributed by atoms with van der Waals surface area (Å²) in [6, 6.07) is 3.88. The van der Waals surface area contributed by atoms with E-state index in [0.717, 1.165) is 6.42 Å². The lowest BCUT2D eigenvalue weighted by Crippen LogP contribution is -2.23. The second-order valence-corrected chi connectivity index (χ2v) is 5.51. The molecule has 0 bridgehead atoms. The van der Waals surface area contributed by atoms with Crippen LogP contribution in [0.5, 0.6) is 0 Å². The van der Waals surface area contributed by atoms with Gasteiger partial charge in [0.1, 0.15) is 5.82 Å². The highest BCUT2D eigenvalue weighted by Gasteiger charge is 2.15. The number of nitrogens with two attached hydrogens (primary N) is 1. The Labute approximate surface area is 118 Å². The molecule has 1 rings (SSSR count). The van der Waals surface area contributed by atoms with Gasteiger partial charge < -0.3 is 11.1 Å². The topological polar surface area (TPSA) is 55.1 Å². The third kappa shape index (κ3) is 5.57. The Kier molecular flexibility index (Phi) is 6.25.